The van der Waals surface area contributed by atoms with E-state index in [2.05, 4.69) is 57.0 Å². The molecule has 0 aromatic carbocycles. The van der Waals surface area contributed by atoms with E-state index in [1.165, 1.54) is 42.1 Å². The molecule has 0 spiro atoms. The molecule has 27 heavy (non-hydrogen) atoms. The predicted octanol–water partition coefficient (Wildman–Crippen LogP) is 2.64. The van der Waals surface area contributed by atoms with E-state index in [0.29, 0.717) is 6.04 Å². The van der Waals surface area contributed by atoms with E-state index in [4.69, 9.17) is 0 Å². The highest BCUT2D eigenvalue weighted by Crippen LogP contribution is 2.27. The number of thiophene rings is 1. The van der Waals surface area contributed by atoms with Crippen LogP contribution in [0.4, 0.5) is 0 Å². The molecule has 0 radical (unpaired) electrons. The van der Waals surface area contributed by atoms with E-state index in [1.54, 1.807) is 0 Å². The molecule has 3 rings (SSSR count). The first kappa shape index (κ1) is 19.9. The molecule has 148 valence electrons. The van der Waals surface area contributed by atoms with E-state index < -0.39 is 0 Å². The van der Waals surface area contributed by atoms with Crippen molar-refractivity contribution in [3.63, 3.8) is 0 Å². The number of nitrogens with zero attached hydrogens (tertiary/aromatic N) is 4. The zero-order valence-corrected chi connectivity index (χ0v) is 17.8. The average molecular weight is 389 g/mol. The fraction of sp³-hybridized carbons (Fsp3) is 0.600. The van der Waals surface area contributed by atoms with Crippen LogP contribution in [0.25, 0.3) is 0 Å². The third-order valence-electron chi connectivity index (χ3n) is 5.47. The Labute approximate surface area is 166 Å². The summed E-state index contributed by atoms with van der Waals surface area (Å²) >= 11 is 1.85. The van der Waals surface area contributed by atoms with Gasteiger partial charge in [-0.15, -0.1) is 11.3 Å². The van der Waals surface area contributed by atoms with Gasteiger partial charge in [-0.2, -0.15) is 5.10 Å². The van der Waals surface area contributed by atoms with Crippen molar-refractivity contribution in [2.45, 2.75) is 39.2 Å². The van der Waals surface area contributed by atoms with Crippen LogP contribution in [-0.2, 0) is 13.5 Å². The van der Waals surface area contributed by atoms with Crippen LogP contribution in [-0.4, -0.2) is 53.9 Å². The molecule has 2 aromatic rings. The standard InChI is InChI=1S/C20H32N6S/c1-15-17(16(2)25(4)24-15)9-10-22-20(21-3)23-14-18(19-8-7-13-27-19)26-11-5-6-12-26/h7-8,13,18H,5-6,9-12,14H2,1-4H3,(H2,21,22,23). The van der Waals surface area contributed by atoms with Gasteiger partial charge in [0, 0.05) is 37.8 Å². The molecule has 1 atom stereocenters. The molecule has 1 fully saturated rings. The van der Waals surface area contributed by atoms with Crippen molar-refractivity contribution in [1.82, 2.24) is 25.3 Å². The first-order valence-corrected chi connectivity index (χ1v) is 10.7. The average Bonchev–Trinajstić information content (AvgIpc) is 3.40. The number of hydrogen-bond donors (Lipinski definition) is 2. The monoisotopic (exact) mass is 388 g/mol. The first-order valence-electron chi connectivity index (χ1n) is 9.81. The summed E-state index contributed by atoms with van der Waals surface area (Å²) in [6.07, 6.45) is 3.56. The van der Waals surface area contributed by atoms with Gasteiger partial charge in [-0.1, -0.05) is 6.07 Å². The summed E-state index contributed by atoms with van der Waals surface area (Å²) in [4.78, 5) is 8.43. The van der Waals surface area contributed by atoms with Gasteiger partial charge in [-0.3, -0.25) is 14.6 Å². The molecular formula is C20H32N6S. The molecule has 0 saturated carbocycles. The van der Waals surface area contributed by atoms with Crippen LogP contribution in [0.5, 0.6) is 0 Å². The summed E-state index contributed by atoms with van der Waals surface area (Å²) in [5.74, 6) is 0.870. The molecule has 2 N–H and O–H groups in total. The van der Waals surface area contributed by atoms with Gasteiger partial charge in [0.2, 0.25) is 0 Å². The minimum Gasteiger partial charge on any atom is -0.356 e. The Morgan fingerprint density at radius 1 is 1.30 bits per heavy atom. The summed E-state index contributed by atoms with van der Waals surface area (Å²) in [5, 5.41) is 13.7. The molecule has 2 aromatic heterocycles. The van der Waals surface area contributed by atoms with Crippen molar-refractivity contribution < 1.29 is 0 Å². The SMILES string of the molecule is CN=C(NCCc1c(C)nn(C)c1C)NCC(c1cccs1)N1CCCC1. The Morgan fingerprint density at radius 3 is 2.67 bits per heavy atom. The van der Waals surface area contributed by atoms with Gasteiger partial charge < -0.3 is 10.6 Å². The number of nitrogens with one attached hydrogen (secondary N) is 2. The van der Waals surface area contributed by atoms with E-state index >= 15 is 0 Å². The van der Waals surface area contributed by atoms with Crippen LogP contribution in [0.2, 0.25) is 0 Å². The van der Waals surface area contributed by atoms with Crippen LogP contribution in [0.3, 0.4) is 0 Å². The highest BCUT2D eigenvalue weighted by atomic mass is 32.1. The summed E-state index contributed by atoms with van der Waals surface area (Å²) in [5.41, 5.74) is 3.68. The van der Waals surface area contributed by atoms with Crippen molar-refractivity contribution in [2.24, 2.45) is 12.0 Å². The molecule has 3 heterocycles. The lowest BCUT2D eigenvalue weighted by atomic mass is 10.1. The number of hydrogen-bond acceptors (Lipinski definition) is 4. The van der Waals surface area contributed by atoms with Gasteiger partial charge in [0.15, 0.2) is 5.96 Å². The molecule has 7 heteroatoms. The van der Waals surface area contributed by atoms with Crippen molar-refractivity contribution in [1.29, 1.82) is 0 Å². The second-order valence-electron chi connectivity index (χ2n) is 7.18. The fourth-order valence-electron chi connectivity index (χ4n) is 3.84. The largest absolute Gasteiger partial charge is 0.356 e. The Morgan fingerprint density at radius 2 is 2.07 bits per heavy atom. The highest BCUT2D eigenvalue weighted by Gasteiger charge is 2.24. The smallest absolute Gasteiger partial charge is 0.191 e. The van der Waals surface area contributed by atoms with Gasteiger partial charge in [0.1, 0.15) is 0 Å². The first-order chi connectivity index (χ1) is 13.1. The number of aryl methyl sites for hydroxylation is 2. The van der Waals surface area contributed by atoms with E-state index in [1.807, 2.05) is 30.1 Å². The predicted molar refractivity (Wildman–Crippen MR) is 114 cm³/mol. The maximum atomic E-state index is 4.50. The van der Waals surface area contributed by atoms with E-state index in [-0.39, 0.29) is 0 Å². The molecule has 0 bridgehead atoms. The summed E-state index contributed by atoms with van der Waals surface area (Å²) < 4.78 is 1.96. The lowest BCUT2D eigenvalue weighted by Crippen LogP contribution is -2.43. The number of likely N-dealkylation sites (tertiary alicyclic amines) is 1. The van der Waals surface area contributed by atoms with Crippen LogP contribution in [0, 0.1) is 13.8 Å². The number of aromatic nitrogens is 2. The quantitative estimate of drug-likeness (QED) is 0.566. The van der Waals surface area contributed by atoms with E-state index in [0.717, 1.165) is 31.2 Å². The van der Waals surface area contributed by atoms with Crippen molar-refractivity contribution in [3.05, 3.63) is 39.3 Å². The fourth-order valence-corrected chi connectivity index (χ4v) is 4.70. The van der Waals surface area contributed by atoms with Crippen LogP contribution in [0.1, 0.15) is 40.7 Å². The van der Waals surface area contributed by atoms with Gasteiger partial charge in [-0.05, 0) is 63.2 Å². The molecule has 0 amide bonds. The molecular weight excluding hydrogens is 356 g/mol. The lowest BCUT2D eigenvalue weighted by molar-refractivity contribution is 0.249. The Kier molecular flexibility index (Phi) is 6.90. The zero-order chi connectivity index (χ0) is 19.2. The van der Waals surface area contributed by atoms with Crippen molar-refractivity contribution >= 4 is 17.3 Å². The number of aliphatic imine (C=N–C) groups is 1. The maximum Gasteiger partial charge on any atom is 0.191 e. The van der Waals surface area contributed by atoms with Crippen LogP contribution < -0.4 is 10.6 Å². The van der Waals surface area contributed by atoms with Crippen LogP contribution in [0.15, 0.2) is 22.5 Å². The molecule has 0 aliphatic carbocycles. The second kappa shape index (κ2) is 9.37. The van der Waals surface area contributed by atoms with E-state index in [9.17, 15) is 0 Å². The van der Waals surface area contributed by atoms with Gasteiger partial charge in [-0.25, -0.2) is 0 Å². The Balaban J connectivity index is 1.53. The Bertz CT molecular complexity index is 743. The second-order valence-corrected chi connectivity index (χ2v) is 8.16. The zero-order valence-electron chi connectivity index (χ0n) is 17.0. The molecule has 1 aliphatic rings. The minimum atomic E-state index is 0.425. The molecule has 1 unspecified atom stereocenters. The molecule has 1 saturated heterocycles. The van der Waals surface area contributed by atoms with Gasteiger partial charge >= 0.3 is 0 Å². The minimum absolute atomic E-state index is 0.425. The molecule has 1 aliphatic heterocycles. The van der Waals surface area contributed by atoms with Crippen LogP contribution >= 0.6 is 11.3 Å². The third kappa shape index (κ3) is 4.90. The topological polar surface area (TPSA) is 57.5 Å². The molecule has 6 nitrogen and oxygen atoms in total. The van der Waals surface area contributed by atoms with Gasteiger partial charge in [0.25, 0.3) is 0 Å². The normalized spacial score (nSPS) is 16.7. The van der Waals surface area contributed by atoms with Crippen molar-refractivity contribution in [2.75, 3.05) is 33.2 Å². The summed E-state index contributed by atoms with van der Waals surface area (Å²) in [7, 11) is 3.84. The Hall–Kier alpha value is -1.86. The summed E-state index contributed by atoms with van der Waals surface area (Å²) in [6.45, 7) is 8.32. The third-order valence-corrected chi connectivity index (χ3v) is 6.44. The lowest BCUT2D eigenvalue weighted by Gasteiger charge is -2.27. The summed E-state index contributed by atoms with van der Waals surface area (Å²) in [6, 6.07) is 4.82. The highest BCUT2D eigenvalue weighted by molar-refractivity contribution is 7.10. The van der Waals surface area contributed by atoms with Crippen molar-refractivity contribution in [3.8, 4) is 0 Å². The number of rotatable bonds is 7. The van der Waals surface area contributed by atoms with Gasteiger partial charge in [0.05, 0.1) is 11.7 Å². The maximum absolute atomic E-state index is 4.50. The number of guanidine groups is 1.